The second kappa shape index (κ2) is 22.5. The van der Waals surface area contributed by atoms with Crippen LogP contribution in [0.15, 0.2) is 0 Å². The molecule has 0 rings (SSSR count). The Morgan fingerprint density at radius 1 is 0.435 bits per heavy atom. The highest BCUT2D eigenvalue weighted by molar-refractivity contribution is 7.82. The smallest absolute Gasteiger partial charge is 0.318 e. The molecule has 0 saturated carbocycles. The summed E-state index contributed by atoms with van der Waals surface area (Å²) >= 11 is 24.3. The van der Waals surface area contributed by atoms with Crippen molar-refractivity contribution in [1.82, 2.24) is 0 Å². The fraction of sp³-hybridized carbons (Fsp3) is 0.778. The van der Waals surface area contributed by atoms with Crippen molar-refractivity contribution in [1.29, 1.82) is 0 Å². The Hall–Kier alpha value is -1.12. The molecule has 0 saturated heterocycles. The van der Waals surface area contributed by atoms with Crippen molar-refractivity contribution in [2.75, 3.05) is 58.6 Å². The van der Waals surface area contributed by atoms with Crippen LogP contribution in [-0.4, -0.2) is 121 Å². The third kappa shape index (κ3) is 17.9. The van der Waals surface area contributed by atoms with Crippen LogP contribution in [0.2, 0.25) is 0 Å². The van der Waals surface area contributed by atoms with E-state index in [1.807, 2.05) is 0 Å². The molecule has 0 aromatic heterocycles. The third-order valence-corrected chi connectivity index (χ3v) is 7.11. The first-order valence-corrected chi connectivity index (χ1v) is 17.1. The number of carbonyl (C=O) groups excluding carboxylic acids is 6. The minimum Gasteiger partial charge on any atom is -0.464 e. The van der Waals surface area contributed by atoms with E-state index >= 15 is 0 Å². The maximum Gasteiger partial charge on any atom is 0.318 e. The topological polar surface area (TPSA) is 167 Å². The van der Waals surface area contributed by atoms with Gasteiger partial charge in [0.1, 0.15) is 39.6 Å². The molecule has 5 unspecified atom stereocenters. The van der Waals surface area contributed by atoms with E-state index in [-0.39, 0.29) is 5.75 Å². The van der Waals surface area contributed by atoms with E-state index in [1.165, 1.54) is 34.6 Å². The van der Waals surface area contributed by atoms with Gasteiger partial charge in [-0.1, -0.05) is 0 Å². The van der Waals surface area contributed by atoms with Crippen molar-refractivity contribution < 1.29 is 61.9 Å². The molecule has 0 N–H and O–H groups in total. The molecule has 0 aromatic rings. The Morgan fingerprint density at radius 2 is 0.652 bits per heavy atom. The summed E-state index contributed by atoms with van der Waals surface area (Å²) in [4.78, 5) is 73.8. The number of ether oxygens (including phenoxy) is 7. The molecule has 5 atom stereocenters. The highest BCUT2D eigenvalue weighted by Gasteiger charge is 2.41. The predicted octanol–water partition coefficient (Wildman–Crippen LogP) is 1.76. The van der Waals surface area contributed by atoms with E-state index in [2.05, 4.69) is 75.8 Å². The van der Waals surface area contributed by atoms with Gasteiger partial charge in [0.15, 0.2) is 0 Å². The minimum atomic E-state index is -1.49. The van der Waals surface area contributed by atoms with Crippen molar-refractivity contribution in [2.24, 2.45) is 10.8 Å². The summed E-state index contributed by atoms with van der Waals surface area (Å²) in [5.74, 6) is -4.59. The number of thiol groups is 6. The zero-order chi connectivity index (χ0) is 35.7. The predicted molar refractivity (Wildman–Crippen MR) is 188 cm³/mol. The number of rotatable bonds is 22. The normalized spacial score (nSPS) is 17.0. The quantitative estimate of drug-likeness (QED) is 0.0537. The van der Waals surface area contributed by atoms with E-state index in [9.17, 15) is 28.8 Å². The van der Waals surface area contributed by atoms with Crippen molar-refractivity contribution in [3.05, 3.63) is 0 Å². The van der Waals surface area contributed by atoms with Crippen LogP contribution in [0.25, 0.3) is 0 Å². The first-order chi connectivity index (χ1) is 21.3. The SMILES string of the molecule is CC(S)C(=O)OCC(COCC(COC(=O)C(C)S)(COC(=O)C(C)S)COC(=O)C(C)S)(COC(=O)CS)COC(=O)C(C)S. The molecule has 0 aliphatic heterocycles. The summed E-state index contributed by atoms with van der Waals surface area (Å²) in [6.45, 7) is 3.86. The van der Waals surface area contributed by atoms with Gasteiger partial charge in [-0.2, -0.15) is 75.8 Å². The standard InChI is InChI=1S/C27H44O13S6/c1-15(42)21(29)36-10-26(9-35-20(28)6-41,11-37-22(30)16(2)43)7-34-8-27(12-38-23(31)17(3)44,13-39-24(32)18(4)45)14-40-25(33)19(5)46/h15-19,41-46H,6-14H2,1-5H3. The first kappa shape index (κ1) is 44.9. The van der Waals surface area contributed by atoms with Gasteiger partial charge in [0.25, 0.3) is 0 Å². The number of hydrogen-bond donors (Lipinski definition) is 6. The molecule has 266 valence electrons. The third-order valence-electron chi connectivity index (χ3n) is 5.79. The molecule has 46 heavy (non-hydrogen) atoms. The summed E-state index contributed by atoms with van der Waals surface area (Å²) in [5, 5.41) is -4.09. The fourth-order valence-electron chi connectivity index (χ4n) is 2.99. The molecule has 0 aliphatic rings. The van der Waals surface area contributed by atoms with Crippen LogP contribution in [0.4, 0.5) is 0 Å². The van der Waals surface area contributed by atoms with Gasteiger partial charge in [-0.3, -0.25) is 28.8 Å². The van der Waals surface area contributed by atoms with Gasteiger partial charge in [0, 0.05) is 0 Å². The minimum absolute atomic E-state index is 0.278. The van der Waals surface area contributed by atoms with Gasteiger partial charge < -0.3 is 33.2 Å². The molecule has 0 amide bonds. The van der Waals surface area contributed by atoms with Gasteiger partial charge in [-0.25, -0.2) is 0 Å². The fourth-order valence-corrected chi connectivity index (χ4v) is 3.45. The van der Waals surface area contributed by atoms with Crippen LogP contribution < -0.4 is 0 Å². The van der Waals surface area contributed by atoms with E-state index in [4.69, 9.17) is 33.2 Å². The van der Waals surface area contributed by atoms with E-state index in [1.54, 1.807) is 0 Å². The second-order valence-electron chi connectivity index (χ2n) is 10.7. The van der Waals surface area contributed by atoms with Gasteiger partial charge in [-0.15, -0.1) is 0 Å². The zero-order valence-electron chi connectivity index (χ0n) is 26.2. The molecular weight excluding hydrogens is 725 g/mol. The lowest BCUT2D eigenvalue weighted by molar-refractivity contribution is -0.174. The van der Waals surface area contributed by atoms with Gasteiger partial charge in [-0.05, 0) is 34.6 Å². The molecule has 13 nitrogen and oxygen atoms in total. The monoisotopic (exact) mass is 768 g/mol. The lowest BCUT2D eigenvalue weighted by Gasteiger charge is -2.36. The number of carbonyl (C=O) groups is 6. The Kier molecular flexibility index (Phi) is 22.0. The molecule has 0 radical (unpaired) electrons. The van der Waals surface area contributed by atoms with Crippen LogP contribution in [-0.2, 0) is 61.9 Å². The average molecular weight is 769 g/mol. The summed E-state index contributed by atoms with van der Waals surface area (Å²) in [6.07, 6.45) is 0. The van der Waals surface area contributed by atoms with E-state index in [0.29, 0.717) is 0 Å². The van der Waals surface area contributed by atoms with Gasteiger partial charge in [0.05, 0.1) is 56.0 Å². The highest BCUT2D eigenvalue weighted by atomic mass is 32.1. The maximum atomic E-state index is 12.4. The average Bonchev–Trinajstić information content (AvgIpc) is 3.00. The summed E-state index contributed by atoms with van der Waals surface area (Å²) in [6, 6.07) is 0. The number of esters is 6. The van der Waals surface area contributed by atoms with Crippen molar-refractivity contribution in [3.63, 3.8) is 0 Å². The van der Waals surface area contributed by atoms with Crippen LogP contribution in [0, 0.1) is 10.8 Å². The van der Waals surface area contributed by atoms with Gasteiger partial charge >= 0.3 is 35.8 Å². The van der Waals surface area contributed by atoms with Crippen molar-refractivity contribution in [2.45, 2.75) is 60.9 Å². The molecule has 0 bridgehead atoms. The second-order valence-corrected chi connectivity index (χ2v) is 14.9. The highest BCUT2D eigenvalue weighted by Crippen LogP contribution is 2.27. The summed E-state index contributed by atoms with van der Waals surface area (Å²) in [7, 11) is 0. The number of hydrogen-bond acceptors (Lipinski definition) is 19. The lowest BCUT2D eigenvalue weighted by atomic mass is 9.90. The lowest BCUT2D eigenvalue weighted by Crippen LogP contribution is -2.48. The van der Waals surface area contributed by atoms with E-state index < -0.39 is 126 Å². The Morgan fingerprint density at radius 3 is 0.848 bits per heavy atom. The molecule has 0 aliphatic carbocycles. The molecule has 0 aromatic carbocycles. The van der Waals surface area contributed by atoms with Crippen LogP contribution >= 0.6 is 75.8 Å². The Balaban J connectivity index is 6.57. The zero-order valence-corrected chi connectivity index (χ0v) is 31.6. The maximum absolute atomic E-state index is 12.4. The Labute approximate surface area is 302 Å². The Bertz CT molecular complexity index is 936. The summed E-state index contributed by atoms with van der Waals surface area (Å²) in [5.41, 5.74) is -2.97. The van der Waals surface area contributed by atoms with E-state index in [0.717, 1.165) is 0 Å². The van der Waals surface area contributed by atoms with Crippen molar-refractivity contribution in [3.8, 4) is 0 Å². The largest absolute Gasteiger partial charge is 0.464 e. The molecule has 0 fully saturated rings. The first-order valence-electron chi connectivity index (χ1n) is 13.9. The molecule has 0 spiro atoms. The molecule has 0 heterocycles. The van der Waals surface area contributed by atoms with Gasteiger partial charge in [0.2, 0.25) is 0 Å². The summed E-state index contributed by atoms with van der Waals surface area (Å²) < 4.78 is 38.3. The molecular formula is C27H44O13S6. The van der Waals surface area contributed by atoms with Crippen LogP contribution in [0.1, 0.15) is 34.6 Å². The van der Waals surface area contributed by atoms with Crippen molar-refractivity contribution >= 4 is 112 Å². The van der Waals surface area contributed by atoms with Crippen LogP contribution in [0.3, 0.4) is 0 Å². The molecule has 19 heteroatoms. The van der Waals surface area contributed by atoms with Crippen LogP contribution in [0.5, 0.6) is 0 Å².